The zero-order valence-electron chi connectivity index (χ0n) is 10.1. The summed E-state index contributed by atoms with van der Waals surface area (Å²) in [5.74, 6) is 0.00996. The second kappa shape index (κ2) is 5.02. The van der Waals surface area contributed by atoms with Crippen LogP contribution in [-0.2, 0) is 0 Å². The van der Waals surface area contributed by atoms with E-state index >= 15 is 0 Å². The van der Waals surface area contributed by atoms with Crippen molar-refractivity contribution in [2.45, 2.75) is 26.8 Å². The maximum absolute atomic E-state index is 11.9. The van der Waals surface area contributed by atoms with Crippen molar-refractivity contribution >= 4 is 28.6 Å². The summed E-state index contributed by atoms with van der Waals surface area (Å²) in [6.45, 7) is 6.22. The molecule has 4 heteroatoms. The first kappa shape index (κ1) is 12.3. The molecule has 0 spiro atoms. The third-order valence-corrected chi connectivity index (χ3v) is 4.49. The van der Waals surface area contributed by atoms with Gasteiger partial charge >= 0.3 is 0 Å². The third kappa shape index (κ3) is 2.76. The highest BCUT2D eigenvalue weighted by atomic mass is 32.1. The number of hydrogen-bond acceptors (Lipinski definition) is 3. The van der Waals surface area contributed by atoms with E-state index in [2.05, 4.69) is 25.2 Å². The smallest absolute Gasteiger partial charge is 0.261 e. The molecule has 2 aromatic heterocycles. The molecule has 0 unspecified atom stereocenters. The Morgan fingerprint density at radius 3 is 2.71 bits per heavy atom. The summed E-state index contributed by atoms with van der Waals surface area (Å²) in [6, 6.07) is 5.96. The van der Waals surface area contributed by atoms with Crippen LogP contribution >= 0.6 is 22.7 Å². The van der Waals surface area contributed by atoms with Crippen molar-refractivity contribution in [3.63, 3.8) is 0 Å². The first-order valence-electron chi connectivity index (χ1n) is 5.49. The Morgan fingerprint density at radius 1 is 1.41 bits per heavy atom. The van der Waals surface area contributed by atoms with Gasteiger partial charge in [-0.05, 0) is 43.8 Å². The van der Waals surface area contributed by atoms with Crippen LogP contribution in [0.15, 0.2) is 23.6 Å². The topological polar surface area (TPSA) is 29.1 Å². The minimum Gasteiger partial charge on any atom is -0.345 e. The quantitative estimate of drug-likeness (QED) is 0.895. The summed E-state index contributed by atoms with van der Waals surface area (Å²) in [7, 11) is 0. The summed E-state index contributed by atoms with van der Waals surface area (Å²) in [5.41, 5.74) is 1.22. The van der Waals surface area contributed by atoms with Gasteiger partial charge in [0.1, 0.15) is 0 Å². The van der Waals surface area contributed by atoms with Gasteiger partial charge in [-0.15, -0.1) is 22.7 Å². The van der Waals surface area contributed by atoms with E-state index < -0.39 is 0 Å². The van der Waals surface area contributed by atoms with Crippen LogP contribution in [0.3, 0.4) is 0 Å². The van der Waals surface area contributed by atoms with Crippen molar-refractivity contribution < 1.29 is 4.79 Å². The van der Waals surface area contributed by atoms with E-state index in [-0.39, 0.29) is 11.9 Å². The van der Waals surface area contributed by atoms with Crippen LogP contribution in [0, 0.1) is 13.8 Å². The molecule has 0 bridgehead atoms. The molecule has 0 fully saturated rings. The van der Waals surface area contributed by atoms with E-state index in [0.29, 0.717) is 0 Å². The molecule has 1 atom stereocenters. The van der Waals surface area contributed by atoms with Crippen LogP contribution in [0.4, 0.5) is 0 Å². The maximum Gasteiger partial charge on any atom is 0.261 e. The normalized spacial score (nSPS) is 12.4. The Labute approximate surface area is 109 Å². The molecule has 2 aromatic rings. The lowest BCUT2D eigenvalue weighted by Gasteiger charge is -2.13. The number of rotatable bonds is 3. The number of thiophene rings is 2. The highest BCUT2D eigenvalue weighted by Gasteiger charge is 2.15. The molecule has 0 aliphatic rings. The van der Waals surface area contributed by atoms with Crippen molar-refractivity contribution in [3.05, 3.63) is 43.8 Å². The molecule has 2 nitrogen and oxygen atoms in total. The Balaban J connectivity index is 2.09. The second-order valence-corrected chi connectivity index (χ2v) is 6.45. The number of aryl methyl sites for hydroxylation is 2. The molecule has 1 N–H and O–H groups in total. The Kier molecular flexibility index (Phi) is 3.64. The average molecular weight is 265 g/mol. The Bertz CT molecular complexity index is 514. The summed E-state index contributed by atoms with van der Waals surface area (Å²) in [5, 5.41) is 4.95. The molecule has 0 aliphatic heterocycles. The van der Waals surface area contributed by atoms with E-state index in [1.807, 2.05) is 24.4 Å². The highest BCUT2D eigenvalue weighted by molar-refractivity contribution is 7.12. The fourth-order valence-corrected chi connectivity index (χ4v) is 3.48. The minimum atomic E-state index is 0.00996. The van der Waals surface area contributed by atoms with E-state index in [0.717, 1.165) is 4.88 Å². The molecular weight excluding hydrogens is 250 g/mol. The van der Waals surface area contributed by atoms with Crippen molar-refractivity contribution in [3.8, 4) is 0 Å². The van der Waals surface area contributed by atoms with Gasteiger partial charge in [-0.1, -0.05) is 6.07 Å². The van der Waals surface area contributed by atoms with Gasteiger partial charge in [0, 0.05) is 9.75 Å². The summed E-state index contributed by atoms with van der Waals surface area (Å²) >= 11 is 3.24. The lowest BCUT2D eigenvalue weighted by molar-refractivity contribution is 0.0944. The molecule has 0 saturated carbocycles. The monoisotopic (exact) mass is 265 g/mol. The lowest BCUT2D eigenvalue weighted by atomic mass is 10.1. The molecule has 0 aromatic carbocycles. The average Bonchev–Trinajstić information content (AvgIpc) is 2.87. The van der Waals surface area contributed by atoms with Gasteiger partial charge in [0.2, 0.25) is 0 Å². The van der Waals surface area contributed by atoms with Gasteiger partial charge in [-0.2, -0.15) is 0 Å². The van der Waals surface area contributed by atoms with Gasteiger partial charge in [0.15, 0.2) is 0 Å². The van der Waals surface area contributed by atoms with E-state index in [1.54, 1.807) is 11.3 Å². The van der Waals surface area contributed by atoms with Crippen LogP contribution in [0.2, 0.25) is 0 Å². The SMILES string of the molecule is Cc1cc([C@H](C)NC(=O)c2cccs2)c(C)s1. The van der Waals surface area contributed by atoms with Gasteiger partial charge < -0.3 is 5.32 Å². The zero-order chi connectivity index (χ0) is 12.4. The molecule has 1 amide bonds. The molecule has 17 heavy (non-hydrogen) atoms. The molecule has 0 saturated heterocycles. The molecule has 2 rings (SSSR count). The van der Waals surface area contributed by atoms with E-state index in [1.165, 1.54) is 26.7 Å². The van der Waals surface area contributed by atoms with Gasteiger partial charge in [0.05, 0.1) is 10.9 Å². The molecule has 90 valence electrons. The Hall–Kier alpha value is -1.13. The van der Waals surface area contributed by atoms with E-state index in [9.17, 15) is 4.79 Å². The number of nitrogens with one attached hydrogen (secondary N) is 1. The predicted octanol–water partition coefficient (Wildman–Crippen LogP) is 3.92. The van der Waals surface area contributed by atoms with Crippen LogP contribution in [-0.4, -0.2) is 5.91 Å². The fourth-order valence-electron chi connectivity index (χ4n) is 1.83. The highest BCUT2D eigenvalue weighted by Crippen LogP contribution is 2.26. The fraction of sp³-hybridized carbons (Fsp3) is 0.308. The first-order chi connectivity index (χ1) is 8.08. The third-order valence-electron chi connectivity index (χ3n) is 2.64. The van der Waals surface area contributed by atoms with Crippen LogP contribution in [0.1, 0.15) is 38.0 Å². The zero-order valence-corrected chi connectivity index (χ0v) is 11.7. The van der Waals surface area contributed by atoms with Crippen LogP contribution < -0.4 is 5.32 Å². The molecule has 0 radical (unpaired) electrons. The number of hydrogen-bond donors (Lipinski definition) is 1. The summed E-state index contributed by atoms with van der Waals surface area (Å²) in [4.78, 5) is 15.2. The molecule has 0 aliphatic carbocycles. The number of carbonyl (C=O) groups is 1. The van der Waals surface area contributed by atoms with Crippen molar-refractivity contribution in [1.29, 1.82) is 0 Å². The summed E-state index contributed by atoms with van der Waals surface area (Å²) < 4.78 is 0. The lowest BCUT2D eigenvalue weighted by Crippen LogP contribution is -2.25. The first-order valence-corrected chi connectivity index (χ1v) is 7.19. The maximum atomic E-state index is 11.9. The number of amides is 1. The molecular formula is C13H15NOS2. The van der Waals surface area contributed by atoms with Crippen LogP contribution in [0.5, 0.6) is 0 Å². The van der Waals surface area contributed by atoms with Crippen molar-refractivity contribution in [2.75, 3.05) is 0 Å². The van der Waals surface area contributed by atoms with Crippen LogP contribution in [0.25, 0.3) is 0 Å². The predicted molar refractivity (Wildman–Crippen MR) is 74.0 cm³/mol. The van der Waals surface area contributed by atoms with Gasteiger partial charge in [-0.25, -0.2) is 0 Å². The largest absolute Gasteiger partial charge is 0.345 e. The van der Waals surface area contributed by atoms with E-state index in [4.69, 9.17) is 0 Å². The standard InChI is InChI=1S/C13H15NOS2/c1-8-7-11(10(3)17-8)9(2)14-13(15)12-5-4-6-16-12/h4-7,9H,1-3H3,(H,14,15)/t9-/m0/s1. The van der Waals surface area contributed by atoms with Gasteiger partial charge in [-0.3, -0.25) is 4.79 Å². The van der Waals surface area contributed by atoms with Gasteiger partial charge in [0.25, 0.3) is 5.91 Å². The summed E-state index contributed by atoms with van der Waals surface area (Å²) in [6.07, 6.45) is 0. The van der Waals surface area contributed by atoms with Crippen molar-refractivity contribution in [1.82, 2.24) is 5.32 Å². The van der Waals surface area contributed by atoms with Crippen molar-refractivity contribution in [2.24, 2.45) is 0 Å². The minimum absolute atomic E-state index is 0.00996. The molecule has 2 heterocycles. The Morgan fingerprint density at radius 2 is 2.18 bits per heavy atom. The number of carbonyl (C=O) groups excluding carboxylic acids is 1. The second-order valence-electron chi connectivity index (χ2n) is 4.04.